The van der Waals surface area contributed by atoms with E-state index in [0.717, 1.165) is 18.5 Å². The van der Waals surface area contributed by atoms with E-state index in [1.165, 1.54) is 24.0 Å². The highest BCUT2D eigenvalue weighted by Gasteiger charge is 2.16. The standard InChI is InChI=1S/C16H23NO/c1-11(2)9-12(3)16(18)17-15-8-7-13-5-4-6-14(13)10-15/h7-8,10-12H,4-6,9H2,1-3H3,(H,17,18). The summed E-state index contributed by atoms with van der Waals surface area (Å²) >= 11 is 0. The van der Waals surface area contributed by atoms with Crippen molar-refractivity contribution in [2.75, 3.05) is 5.32 Å². The molecule has 2 rings (SSSR count). The van der Waals surface area contributed by atoms with Crippen molar-refractivity contribution in [3.05, 3.63) is 29.3 Å². The van der Waals surface area contributed by atoms with Gasteiger partial charge in [-0.25, -0.2) is 0 Å². The second-order valence-corrected chi connectivity index (χ2v) is 5.86. The van der Waals surface area contributed by atoms with Gasteiger partial charge in [0.2, 0.25) is 5.91 Å². The second kappa shape index (κ2) is 5.55. The Morgan fingerprint density at radius 3 is 2.67 bits per heavy atom. The highest BCUT2D eigenvalue weighted by Crippen LogP contribution is 2.25. The maximum Gasteiger partial charge on any atom is 0.227 e. The number of nitrogens with one attached hydrogen (secondary N) is 1. The number of rotatable bonds is 4. The lowest BCUT2D eigenvalue weighted by atomic mass is 9.98. The van der Waals surface area contributed by atoms with Crippen LogP contribution in [0.1, 0.15) is 44.7 Å². The fourth-order valence-corrected chi connectivity index (χ4v) is 2.73. The largest absolute Gasteiger partial charge is 0.326 e. The van der Waals surface area contributed by atoms with Crippen molar-refractivity contribution in [2.24, 2.45) is 11.8 Å². The molecule has 1 aliphatic carbocycles. The zero-order valence-corrected chi connectivity index (χ0v) is 11.6. The number of hydrogen-bond donors (Lipinski definition) is 1. The third-order valence-electron chi connectivity index (χ3n) is 3.64. The van der Waals surface area contributed by atoms with E-state index >= 15 is 0 Å². The summed E-state index contributed by atoms with van der Waals surface area (Å²) in [5.74, 6) is 0.783. The van der Waals surface area contributed by atoms with E-state index in [4.69, 9.17) is 0 Å². The summed E-state index contributed by atoms with van der Waals surface area (Å²) in [6.45, 7) is 6.31. The fourth-order valence-electron chi connectivity index (χ4n) is 2.73. The van der Waals surface area contributed by atoms with Gasteiger partial charge in [0.05, 0.1) is 0 Å². The molecule has 0 spiro atoms. The van der Waals surface area contributed by atoms with Crippen LogP contribution in [0.3, 0.4) is 0 Å². The SMILES string of the molecule is CC(C)CC(C)C(=O)Nc1ccc2c(c1)CCC2. The molecule has 98 valence electrons. The van der Waals surface area contributed by atoms with E-state index in [-0.39, 0.29) is 11.8 Å². The monoisotopic (exact) mass is 245 g/mol. The van der Waals surface area contributed by atoms with Gasteiger partial charge >= 0.3 is 0 Å². The molecule has 0 heterocycles. The minimum absolute atomic E-state index is 0.0817. The van der Waals surface area contributed by atoms with Crippen molar-refractivity contribution >= 4 is 11.6 Å². The van der Waals surface area contributed by atoms with Gasteiger partial charge in [0.15, 0.2) is 0 Å². The Kier molecular flexibility index (Phi) is 4.05. The van der Waals surface area contributed by atoms with E-state index in [9.17, 15) is 4.79 Å². The molecular formula is C16H23NO. The zero-order chi connectivity index (χ0) is 13.1. The summed E-state index contributed by atoms with van der Waals surface area (Å²) in [6, 6.07) is 6.33. The Bertz CT molecular complexity index is 437. The molecular weight excluding hydrogens is 222 g/mol. The lowest BCUT2D eigenvalue weighted by molar-refractivity contribution is -0.119. The first-order valence-electron chi connectivity index (χ1n) is 6.99. The number of amides is 1. The molecule has 0 aliphatic heterocycles. The second-order valence-electron chi connectivity index (χ2n) is 5.86. The number of benzene rings is 1. The number of hydrogen-bond acceptors (Lipinski definition) is 1. The van der Waals surface area contributed by atoms with Gasteiger partial charge in [-0.05, 0) is 54.9 Å². The fraction of sp³-hybridized carbons (Fsp3) is 0.562. The lowest BCUT2D eigenvalue weighted by Crippen LogP contribution is -2.21. The van der Waals surface area contributed by atoms with E-state index in [2.05, 4.69) is 31.3 Å². The number of aryl methyl sites for hydroxylation is 2. The Morgan fingerprint density at radius 1 is 1.22 bits per heavy atom. The Morgan fingerprint density at radius 2 is 1.94 bits per heavy atom. The summed E-state index contributed by atoms with van der Waals surface area (Å²) in [4.78, 5) is 12.0. The molecule has 1 N–H and O–H groups in total. The molecule has 0 saturated heterocycles. The number of carbonyl (C=O) groups excluding carboxylic acids is 1. The summed E-state index contributed by atoms with van der Waals surface area (Å²) < 4.78 is 0. The molecule has 0 saturated carbocycles. The summed E-state index contributed by atoms with van der Waals surface area (Å²) in [7, 11) is 0. The molecule has 0 fully saturated rings. The topological polar surface area (TPSA) is 29.1 Å². The van der Waals surface area contributed by atoms with Gasteiger partial charge in [-0.15, -0.1) is 0 Å². The van der Waals surface area contributed by atoms with Crippen LogP contribution >= 0.6 is 0 Å². The predicted octanol–water partition coefficient (Wildman–Crippen LogP) is 3.80. The molecule has 1 atom stereocenters. The van der Waals surface area contributed by atoms with Crippen molar-refractivity contribution in [2.45, 2.75) is 46.5 Å². The van der Waals surface area contributed by atoms with Crippen LogP contribution in [0.4, 0.5) is 5.69 Å². The van der Waals surface area contributed by atoms with Gasteiger partial charge in [0.25, 0.3) is 0 Å². The molecule has 0 aromatic heterocycles. The maximum atomic E-state index is 12.0. The van der Waals surface area contributed by atoms with Crippen LogP contribution in [-0.4, -0.2) is 5.91 Å². The molecule has 1 unspecified atom stereocenters. The van der Waals surface area contributed by atoms with Crippen LogP contribution in [0.5, 0.6) is 0 Å². The number of fused-ring (bicyclic) bond motifs is 1. The first-order chi connectivity index (χ1) is 8.56. The maximum absolute atomic E-state index is 12.0. The lowest BCUT2D eigenvalue weighted by Gasteiger charge is -2.14. The summed E-state index contributed by atoms with van der Waals surface area (Å²) in [5, 5.41) is 3.04. The summed E-state index contributed by atoms with van der Waals surface area (Å²) in [5.41, 5.74) is 3.81. The first kappa shape index (κ1) is 13.1. The first-order valence-corrected chi connectivity index (χ1v) is 6.99. The Balaban J connectivity index is 1.99. The van der Waals surface area contributed by atoms with Crippen LogP contribution < -0.4 is 5.32 Å². The third kappa shape index (κ3) is 3.12. The highest BCUT2D eigenvalue weighted by atomic mass is 16.1. The van der Waals surface area contributed by atoms with Gasteiger partial charge in [0.1, 0.15) is 0 Å². The average molecular weight is 245 g/mol. The molecule has 1 aromatic rings. The Labute approximate surface area is 110 Å². The van der Waals surface area contributed by atoms with Gasteiger partial charge < -0.3 is 5.32 Å². The van der Waals surface area contributed by atoms with Crippen LogP contribution in [0.15, 0.2) is 18.2 Å². The van der Waals surface area contributed by atoms with E-state index in [0.29, 0.717) is 5.92 Å². The van der Waals surface area contributed by atoms with Crippen LogP contribution in [0.25, 0.3) is 0 Å². The van der Waals surface area contributed by atoms with E-state index in [1.54, 1.807) is 0 Å². The smallest absolute Gasteiger partial charge is 0.227 e. The minimum atomic E-state index is 0.0817. The van der Waals surface area contributed by atoms with E-state index in [1.807, 2.05) is 13.0 Å². The van der Waals surface area contributed by atoms with Crippen molar-refractivity contribution in [3.8, 4) is 0 Å². The normalized spacial score (nSPS) is 15.6. The number of anilines is 1. The van der Waals surface area contributed by atoms with Crippen LogP contribution in [-0.2, 0) is 17.6 Å². The van der Waals surface area contributed by atoms with Crippen molar-refractivity contribution in [1.82, 2.24) is 0 Å². The highest BCUT2D eigenvalue weighted by molar-refractivity contribution is 5.92. The molecule has 0 bridgehead atoms. The quantitative estimate of drug-likeness (QED) is 0.859. The van der Waals surface area contributed by atoms with Crippen LogP contribution in [0, 0.1) is 11.8 Å². The van der Waals surface area contributed by atoms with Crippen molar-refractivity contribution in [1.29, 1.82) is 0 Å². The van der Waals surface area contributed by atoms with Crippen LogP contribution in [0.2, 0.25) is 0 Å². The molecule has 2 nitrogen and oxygen atoms in total. The zero-order valence-electron chi connectivity index (χ0n) is 11.6. The molecule has 1 aliphatic rings. The number of carbonyl (C=O) groups is 1. The average Bonchev–Trinajstić information content (AvgIpc) is 2.75. The van der Waals surface area contributed by atoms with Crippen molar-refractivity contribution in [3.63, 3.8) is 0 Å². The molecule has 1 aromatic carbocycles. The van der Waals surface area contributed by atoms with Gasteiger partial charge in [-0.2, -0.15) is 0 Å². The molecule has 2 heteroatoms. The molecule has 0 radical (unpaired) electrons. The predicted molar refractivity (Wildman–Crippen MR) is 75.7 cm³/mol. The minimum Gasteiger partial charge on any atom is -0.326 e. The Hall–Kier alpha value is -1.31. The van der Waals surface area contributed by atoms with Gasteiger partial charge in [-0.3, -0.25) is 4.79 Å². The van der Waals surface area contributed by atoms with E-state index < -0.39 is 0 Å². The third-order valence-corrected chi connectivity index (χ3v) is 3.64. The molecule has 18 heavy (non-hydrogen) atoms. The molecule has 1 amide bonds. The summed E-state index contributed by atoms with van der Waals surface area (Å²) in [6.07, 6.45) is 4.53. The van der Waals surface area contributed by atoms with Gasteiger partial charge in [0, 0.05) is 11.6 Å². The van der Waals surface area contributed by atoms with Gasteiger partial charge in [-0.1, -0.05) is 26.8 Å². The van der Waals surface area contributed by atoms with Crippen molar-refractivity contribution < 1.29 is 4.79 Å².